The fourth-order valence-electron chi connectivity index (χ4n) is 2.13. The molecule has 0 radical (unpaired) electrons. The van der Waals surface area contributed by atoms with Crippen molar-refractivity contribution in [1.29, 1.82) is 0 Å². The van der Waals surface area contributed by atoms with Gasteiger partial charge in [0.05, 0.1) is 0 Å². The summed E-state index contributed by atoms with van der Waals surface area (Å²) in [6.45, 7) is 1.22. The van der Waals surface area contributed by atoms with Gasteiger partial charge in [-0.1, -0.05) is 30.3 Å². The molecule has 0 unspecified atom stereocenters. The van der Waals surface area contributed by atoms with Gasteiger partial charge in [0.2, 0.25) is 0 Å². The Morgan fingerprint density at radius 1 is 0.850 bits per heavy atom. The molecule has 1 aliphatic carbocycles. The molecule has 1 aromatic carbocycles. The Labute approximate surface area is 119 Å². The molecule has 104 valence electrons. The smallest absolute Gasteiger partial charge is 0.200 e. The molecule has 2 rings (SSSR count). The van der Waals surface area contributed by atoms with Gasteiger partial charge in [-0.05, 0) is 29.4 Å². The molecule has 3 heteroatoms. The van der Waals surface area contributed by atoms with Gasteiger partial charge in [-0.15, -0.1) is 0 Å². The van der Waals surface area contributed by atoms with Crippen LogP contribution in [0.3, 0.4) is 0 Å². The minimum Gasteiger partial charge on any atom is -0.390 e. The largest absolute Gasteiger partial charge is 0.390 e. The fraction of sp³-hybridized carbons (Fsp3) is 0.235. The monoisotopic (exact) mass is 270 g/mol. The van der Waals surface area contributed by atoms with E-state index in [-0.39, 0.29) is 13.2 Å². The van der Waals surface area contributed by atoms with Crippen molar-refractivity contribution in [1.82, 2.24) is 0 Å². The van der Waals surface area contributed by atoms with Gasteiger partial charge < -0.3 is 10.2 Å². The lowest BCUT2D eigenvalue weighted by atomic mass is 10.0. The quantitative estimate of drug-likeness (QED) is 0.799. The van der Waals surface area contributed by atoms with Crippen molar-refractivity contribution in [2.75, 3.05) is 26.3 Å². The van der Waals surface area contributed by atoms with Crippen LogP contribution in [0.1, 0.15) is 5.56 Å². The number of nitrogens with zero attached hydrogens (tertiary/aromatic N) is 1. The summed E-state index contributed by atoms with van der Waals surface area (Å²) in [5.41, 5.74) is 3.31. The van der Waals surface area contributed by atoms with Crippen LogP contribution in [0.15, 0.2) is 60.2 Å². The molecular weight excluding hydrogens is 250 g/mol. The van der Waals surface area contributed by atoms with Crippen LogP contribution in [0.5, 0.6) is 0 Å². The van der Waals surface area contributed by atoms with Crippen LogP contribution in [0.25, 0.3) is 6.08 Å². The number of hydrogen-bond donors (Lipinski definition) is 2. The van der Waals surface area contributed by atoms with Gasteiger partial charge in [0, 0.05) is 12.2 Å². The first kappa shape index (κ1) is 14.4. The fourth-order valence-corrected chi connectivity index (χ4v) is 2.13. The number of allylic oxidation sites excluding steroid dienone is 5. The second-order valence-corrected chi connectivity index (χ2v) is 4.58. The summed E-state index contributed by atoms with van der Waals surface area (Å²) < 4.78 is 1.96. The molecule has 0 fully saturated rings. The van der Waals surface area contributed by atoms with Gasteiger partial charge in [0.1, 0.15) is 13.2 Å². The Bertz CT molecular complexity index is 528. The van der Waals surface area contributed by atoms with E-state index in [0.29, 0.717) is 13.1 Å². The summed E-state index contributed by atoms with van der Waals surface area (Å²) in [7, 11) is 0. The summed E-state index contributed by atoms with van der Waals surface area (Å²) in [5, 5.41) is 18.1. The van der Waals surface area contributed by atoms with Crippen LogP contribution in [-0.2, 0) is 0 Å². The molecule has 0 aromatic heterocycles. The molecule has 0 aliphatic heterocycles. The second-order valence-electron chi connectivity index (χ2n) is 4.58. The first-order valence-electron chi connectivity index (χ1n) is 6.80. The second kappa shape index (κ2) is 7.58. The summed E-state index contributed by atoms with van der Waals surface area (Å²) in [4.78, 5) is 0. The lowest BCUT2D eigenvalue weighted by molar-refractivity contribution is -0.530. The maximum Gasteiger partial charge on any atom is 0.200 e. The summed E-state index contributed by atoms with van der Waals surface area (Å²) in [6, 6.07) is 10.2. The van der Waals surface area contributed by atoms with Crippen LogP contribution in [0, 0.1) is 0 Å². The average molecular weight is 270 g/mol. The van der Waals surface area contributed by atoms with Crippen molar-refractivity contribution >= 4 is 11.8 Å². The summed E-state index contributed by atoms with van der Waals surface area (Å²) >= 11 is 0. The zero-order valence-electron chi connectivity index (χ0n) is 11.4. The number of rotatable bonds is 5. The molecule has 0 saturated heterocycles. The molecule has 2 N–H and O–H groups in total. The van der Waals surface area contributed by atoms with E-state index in [2.05, 4.69) is 18.2 Å². The van der Waals surface area contributed by atoms with Crippen molar-refractivity contribution < 1.29 is 14.8 Å². The Balaban J connectivity index is 2.16. The third kappa shape index (κ3) is 4.02. The normalized spacial score (nSPS) is 13.7. The molecule has 0 amide bonds. The first-order chi connectivity index (χ1) is 9.83. The highest BCUT2D eigenvalue weighted by molar-refractivity contribution is 6.02. The van der Waals surface area contributed by atoms with Gasteiger partial charge in [-0.2, -0.15) is 0 Å². The van der Waals surface area contributed by atoms with E-state index in [9.17, 15) is 0 Å². The Morgan fingerprint density at radius 3 is 2.00 bits per heavy atom. The molecule has 0 heterocycles. The van der Waals surface area contributed by atoms with Crippen molar-refractivity contribution in [3.05, 3.63) is 65.8 Å². The minimum atomic E-state index is 0.0812. The van der Waals surface area contributed by atoms with E-state index >= 15 is 0 Å². The highest BCUT2D eigenvalue weighted by atomic mass is 16.3. The number of hydrogen-bond acceptors (Lipinski definition) is 2. The molecule has 0 atom stereocenters. The van der Waals surface area contributed by atoms with E-state index in [1.54, 1.807) is 0 Å². The summed E-state index contributed by atoms with van der Waals surface area (Å²) in [6.07, 6.45) is 10.2. The summed E-state index contributed by atoms with van der Waals surface area (Å²) in [5.74, 6) is 0. The molecule has 0 bridgehead atoms. The van der Waals surface area contributed by atoms with Crippen LogP contribution in [0.2, 0.25) is 0 Å². The van der Waals surface area contributed by atoms with Gasteiger partial charge in [-0.3, -0.25) is 0 Å². The Morgan fingerprint density at radius 2 is 1.45 bits per heavy atom. The molecule has 0 spiro atoms. The topological polar surface area (TPSA) is 43.5 Å². The van der Waals surface area contributed by atoms with Crippen molar-refractivity contribution in [2.24, 2.45) is 0 Å². The van der Waals surface area contributed by atoms with Gasteiger partial charge >= 0.3 is 0 Å². The van der Waals surface area contributed by atoms with E-state index in [4.69, 9.17) is 10.2 Å². The van der Waals surface area contributed by atoms with E-state index in [0.717, 1.165) is 11.3 Å². The molecule has 3 nitrogen and oxygen atoms in total. The Kier molecular flexibility index (Phi) is 5.47. The number of aliphatic hydroxyl groups excluding tert-OH is 2. The molecular formula is C17H20NO2+. The van der Waals surface area contributed by atoms with E-state index in [1.807, 2.05) is 47.1 Å². The predicted molar refractivity (Wildman–Crippen MR) is 81.9 cm³/mol. The third-order valence-electron chi connectivity index (χ3n) is 3.13. The zero-order valence-corrected chi connectivity index (χ0v) is 11.4. The maximum atomic E-state index is 9.04. The van der Waals surface area contributed by atoms with Crippen LogP contribution in [-0.4, -0.2) is 46.8 Å². The SMILES string of the molecule is OCC[N+](CCO)=C1C=CC(=Cc2ccccc2)C=C1. The standard InChI is InChI=1S/C17H20NO2/c19-12-10-18(11-13-20)17-8-6-16(7-9-17)14-15-4-2-1-3-5-15/h1-9,14,19-20H,10-13H2/q+1. The predicted octanol–water partition coefficient (Wildman–Crippen LogP) is 1.63. The van der Waals surface area contributed by atoms with Crippen molar-refractivity contribution in [3.63, 3.8) is 0 Å². The molecule has 0 saturated carbocycles. The lowest BCUT2D eigenvalue weighted by Gasteiger charge is -2.06. The first-order valence-corrected chi connectivity index (χ1v) is 6.80. The van der Waals surface area contributed by atoms with Crippen LogP contribution in [0.4, 0.5) is 0 Å². The van der Waals surface area contributed by atoms with Crippen molar-refractivity contribution in [3.8, 4) is 0 Å². The van der Waals surface area contributed by atoms with E-state index in [1.165, 1.54) is 5.56 Å². The van der Waals surface area contributed by atoms with Crippen molar-refractivity contribution in [2.45, 2.75) is 0 Å². The van der Waals surface area contributed by atoms with Crippen LogP contribution < -0.4 is 0 Å². The molecule has 20 heavy (non-hydrogen) atoms. The maximum absolute atomic E-state index is 9.04. The highest BCUT2D eigenvalue weighted by Gasteiger charge is 2.11. The van der Waals surface area contributed by atoms with Gasteiger partial charge in [-0.25, -0.2) is 4.58 Å². The van der Waals surface area contributed by atoms with Gasteiger partial charge in [0.25, 0.3) is 0 Å². The number of aliphatic hydroxyl groups is 2. The lowest BCUT2D eigenvalue weighted by Crippen LogP contribution is -2.26. The minimum absolute atomic E-state index is 0.0812. The van der Waals surface area contributed by atoms with Gasteiger partial charge in [0.15, 0.2) is 18.8 Å². The third-order valence-corrected chi connectivity index (χ3v) is 3.13. The zero-order chi connectivity index (χ0) is 14.2. The number of benzene rings is 1. The average Bonchev–Trinajstić information content (AvgIpc) is 2.49. The molecule has 1 aromatic rings. The Hall–Kier alpha value is -1.97. The molecule has 1 aliphatic rings. The van der Waals surface area contributed by atoms with E-state index < -0.39 is 0 Å². The van der Waals surface area contributed by atoms with Crippen LogP contribution >= 0.6 is 0 Å². The highest BCUT2D eigenvalue weighted by Crippen LogP contribution is 2.12.